The summed E-state index contributed by atoms with van der Waals surface area (Å²) in [7, 11) is 0. The Morgan fingerprint density at radius 2 is 1.77 bits per heavy atom. The first-order valence-electron chi connectivity index (χ1n) is 8.47. The van der Waals surface area contributed by atoms with Gasteiger partial charge in [-0.3, -0.25) is 9.59 Å². The zero-order chi connectivity index (χ0) is 18.1. The summed E-state index contributed by atoms with van der Waals surface area (Å²) >= 11 is 0. The maximum atomic E-state index is 11.8. The first kappa shape index (κ1) is 26.7. The number of para-hydroxylation sites is 1. The minimum Gasteiger partial charge on any atom is -0.370 e. The Kier molecular flexibility index (Phi) is 14.1. The highest BCUT2D eigenvalue weighted by Gasteiger charge is 2.17. The lowest BCUT2D eigenvalue weighted by Gasteiger charge is -2.25. The van der Waals surface area contributed by atoms with Crippen molar-refractivity contribution < 1.29 is 9.59 Å². The molecule has 1 aromatic rings. The van der Waals surface area contributed by atoms with Gasteiger partial charge in [0.05, 0.1) is 12.6 Å². The van der Waals surface area contributed by atoms with Crippen LogP contribution in [-0.2, 0) is 9.59 Å². The number of hydrogen-bond donors (Lipinski definition) is 3. The molecule has 0 aliphatic heterocycles. The number of nitrogens with two attached hydrogens (primary N) is 1. The number of halogens is 2. The van der Waals surface area contributed by atoms with Crippen molar-refractivity contribution in [3.63, 3.8) is 0 Å². The number of rotatable bonds is 9. The van der Waals surface area contributed by atoms with E-state index >= 15 is 0 Å². The number of carbonyl (C=O) groups is 2. The van der Waals surface area contributed by atoms with Gasteiger partial charge in [-0.2, -0.15) is 0 Å². The summed E-state index contributed by atoms with van der Waals surface area (Å²) in [6.07, 6.45) is 0. The average molecular weight is 407 g/mol. The van der Waals surface area contributed by atoms with Gasteiger partial charge in [0, 0.05) is 25.3 Å². The smallest absolute Gasteiger partial charge is 0.239 e. The summed E-state index contributed by atoms with van der Waals surface area (Å²) in [5.41, 5.74) is 8.11. The first-order chi connectivity index (χ1) is 11.4. The minimum atomic E-state index is -0.588. The maximum Gasteiger partial charge on any atom is 0.239 e. The van der Waals surface area contributed by atoms with Crippen molar-refractivity contribution in [3.8, 4) is 0 Å². The van der Waals surface area contributed by atoms with E-state index in [1.807, 2.05) is 26.0 Å². The molecular formula is C18H32Cl2N4O2. The van der Waals surface area contributed by atoms with E-state index in [0.29, 0.717) is 13.1 Å². The van der Waals surface area contributed by atoms with Gasteiger partial charge in [0.2, 0.25) is 11.8 Å². The van der Waals surface area contributed by atoms with Crippen molar-refractivity contribution in [2.24, 2.45) is 11.7 Å². The van der Waals surface area contributed by atoms with E-state index in [4.69, 9.17) is 5.73 Å². The lowest BCUT2D eigenvalue weighted by Crippen LogP contribution is -2.47. The van der Waals surface area contributed by atoms with E-state index in [-0.39, 0.29) is 49.1 Å². The molecule has 0 heterocycles. The van der Waals surface area contributed by atoms with Crippen LogP contribution in [0.5, 0.6) is 0 Å². The molecule has 0 unspecified atom stereocenters. The Balaban J connectivity index is 0. The molecule has 0 aliphatic carbocycles. The molecule has 6 nitrogen and oxygen atoms in total. The number of carbonyl (C=O) groups excluding carboxylic acids is 2. The average Bonchev–Trinajstić information content (AvgIpc) is 2.56. The summed E-state index contributed by atoms with van der Waals surface area (Å²) in [5.74, 6) is -0.462. The van der Waals surface area contributed by atoms with Crippen molar-refractivity contribution in [2.45, 2.75) is 33.7 Å². The van der Waals surface area contributed by atoms with Crippen LogP contribution >= 0.6 is 24.8 Å². The second-order valence-electron chi connectivity index (χ2n) is 6.20. The summed E-state index contributed by atoms with van der Waals surface area (Å²) in [6.45, 7) is 9.95. The molecule has 8 heteroatoms. The van der Waals surface area contributed by atoms with Gasteiger partial charge in [0.25, 0.3) is 0 Å². The Morgan fingerprint density at radius 3 is 2.31 bits per heavy atom. The van der Waals surface area contributed by atoms with Gasteiger partial charge >= 0.3 is 0 Å². The molecule has 0 radical (unpaired) electrons. The van der Waals surface area contributed by atoms with Crippen molar-refractivity contribution in [1.82, 2.24) is 10.6 Å². The fourth-order valence-corrected chi connectivity index (χ4v) is 2.35. The lowest BCUT2D eigenvalue weighted by atomic mass is 10.1. The molecule has 2 amide bonds. The molecule has 1 atom stereocenters. The number of aryl methyl sites for hydroxylation is 1. The molecule has 150 valence electrons. The largest absolute Gasteiger partial charge is 0.370 e. The highest BCUT2D eigenvalue weighted by molar-refractivity contribution is 5.87. The van der Waals surface area contributed by atoms with Gasteiger partial charge in [0.1, 0.15) is 0 Å². The summed E-state index contributed by atoms with van der Waals surface area (Å²) in [5, 5.41) is 5.39. The Bertz CT molecular complexity index is 556. The van der Waals surface area contributed by atoms with Gasteiger partial charge in [-0.05, 0) is 31.4 Å². The fraction of sp³-hybridized carbons (Fsp3) is 0.556. The minimum absolute atomic E-state index is 0. The summed E-state index contributed by atoms with van der Waals surface area (Å²) in [4.78, 5) is 25.8. The molecule has 0 fully saturated rings. The molecule has 0 aliphatic rings. The molecule has 4 N–H and O–H groups in total. The standard InChI is InChI=1S/C18H30N4O2.2ClH/c1-5-22(15-9-7-6-8-14(15)4)11-10-20-16(23)12-21-18(24)17(19)13(2)3;;/h6-9,13,17H,5,10-12,19H2,1-4H3,(H,20,23)(H,21,24);2*1H/t17-;;/m0../s1. The number of anilines is 1. The number of nitrogens with zero attached hydrogens (tertiary/aromatic N) is 1. The molecule has 1 aromatic carbocycles. The number of amides is 2. The number of hydrogen-bond acceptors (Lipinski definition) is 4. The van der Waals surface area contributed by atoms with Crippen LogP contribution in [0.25, 0.3) is 0 Å². The van der Waals surface area contributed by atoms with Gasteiger partial charge < -0.3 is 21.3 Å². The van der Waals surface area contributed by atoms with Crippen molar-refractivity contribution in [1.29, 1.82) is 0 Å². The number of benzene rings is 1. The molecule has 0 spiro atoms. The van der Waals surface area contributed by atoms with E-state index in [2.05, 4.69) is 41.5 Å². The topological polar surface area (TPSA) is 87.5 Å². The monoisotopic (exact) mass is 406 g/mol. The van der Waals surface area contributed by atoms with Gasteiger partial charge in [-0.25, -0.2) is 0 Å². The Hall–Kier alpha value is -1.50. The molecule has 26 heavy (non-hydrogen) atoms. The van der Waals surface area contributed by atoms with Crippen molar-refractivity contribution >= 4 is 42.3 Å². The molecule has 1 rings (SSSR count). The summed E-state index contributed by atoms with van der Waals surface area (Å²) < 4.78 is 0. The van der Waals surface area contributed by atoms with E-state index in [0.717, 1.165) is 6.54 Å². The molecule has 0 saturated carbocycles. The highest BCUT2D eigenvalue weighted by atomic mass is 35.5. The quantitative estimate of drug-likeness (QED) is 0.583. The van der Waals surface area contributed by atoms with Crippen LogP contribution in [0.2, 0.25) is 0 Å². The summed E-state index contributed by atoms with van der Waals surface area (Å²) in [6, 6.07) is 7.59. The molecule has 0 saturated heterocycles. The van der Waals surface area contributed by atoms with Crippen LogP contribution in [-0.4, -0.2) is 44.0 Å². The molecule has 0 aromatic heterocycles. The van der Waals surface area contributed by atoms with Gasteiger partial charge in [0.15, 0.2) is 0 Å². The highest BCUT2D eigenvalue weighted by Crippen LogP contribution is 2.18. The van der Waals surface area contributed by atoms with Crippen LogP contribution in [0, 0.1) is 12.8 Å². The first-order valence-corrected chi connectivity index (χ1v) is 8.47. The van der Waals surface area contributed by atoms with E-state index in [1.165, 1.54) is 11.3 Å². The van der Waals surface area contributed by atoms with Crippen LogP contribution in [0.3, 0.4) is 0 Å². The molecule has 0 bridgehead atoms. The SMILES string of the molecule is CCN(CCNC(=O)CNC(=O)[C@@H](N)C(C)C)c1ccccc1C.Cl.Cl. The predicted octanol–water partition coefficient (Wildman–Crippen LogP) is 1.88. The van der Waals surface area contributed by atoms with Crippen LogP contribution in [0.15, 0.2) is 24.3 Å². The maximum absolute atomic E-state index is 11.8. The Labute approximate surface area is 169 Å². The van der Waals surface area contributed by atoms with Crippen molar-refractivity contribution in [3.05, 3.63) is 29.8 Å². The Morgan fingerprint density at radius 1 is 1.15 bits per heavy atom. The normalized spacial score (nSPS) is 11.0. The van der Waals surface area contributed by atoms with E-state index < -0.39 is 6.04 Å². The fourth-order valence-electron chi connectivity index (χ4n) is 2.35. The van der Waals surface area contributed by atoms with Gasteiger partial charge in [-0.1, -0.05) is 32.0 Å². The zero-order valence-electron chi connectivity index (χ0n) is 16.0. The van der Waals surface area contributed by atoms with E-state index in [1.54, 1.807) is 0 Å². The van der Waals surface area contributed by atoms with Crippen molar-refractivity contribution in [2.75, 3.05) is 31.1 Å². The van der Waals surface area contributed by atoms with Gasteiger partial charge in [-0.15, -0.1) is 24.8 Å². The number of nitrogens with one attached hydrogen (secondary N) is 2. The second-order valence-corrected chi connectivity index (χ2v) is 6.20. The number of likely N-dealkylation sites (N-methyl/N-ethyl adjacent to an activating group) is 1. The second kappa shape index (κ2) is 13.7. The van der Waals surface area contributed by atoms with Crippen LogP contribution in [0.1, 0.15) is 26.3 Å². The third-order valence-electron chi connectivity index (χ3n) is 3.99. The zero-order valence-corrected chi connectivity index (χ0v) is 17.6. The van der Waals surface area contributed by atoms with Crippen LogP contribution in [0.4, 0.5) is 5.69 Å². The lowest BCUT2D eigenvalue weighted by molar-refractivity contribution is -0.127. The third kappa shape index (κ3) is 8.74. The predicted molar refractivity (Wildman–Crippen MR) is 112 cm³/mol. The molecular weight excluding hydrogens is 375 g/mol. The van der Waals surface area contributed by atoms with E-state index in [9.17, 15) is 9.59 Å². The third-order valence-corrected chi connectivity index (χ3v) is 3.99. The van der Waals surface area contributed by atoms with Crippen LogP contribution < -0.4 is 21.3 Å².